The fourth-order valence-corrected chi connectivity index (χ4v) is 4.04. The molecule has 2 saturated heterocycles. The Morgan fingerprint density at radius 2 is 1.88 bits per heavy atom. The highest BCUT2D eigenvalue weighted by Gasteiger charge is 2.28. The van der Waals surface area contributed by atoms with E-state index < -0.39 is 6.10 Å². The molecular formula is C20H31NO3. The van der Waals surface area contributed by atoms with Crippen LogP contribution in [-0.4, -0.2) is 55.1 Å². The van der Waals surface area contributed by atoms with Gasteiger partial charge in [0.15, 0.2) is 0 Å². The highest BCUT2D eigenvalue weighted by molar-refractivity contribution is 5.31. The molecule has 1 N–H and O–H groups in total. The number of aliphatic hydroxyl groups excluding tert-OH is 1. The van der Waals surface area contributed by atoms with E-state index in [1.807, 2.05) is 0 Å². The molecule has 1 aromatic rings. The van der Waals surface area contributed by atoms with Gasteiger partial charge in [-0.15, -0.1) is 0 Å². The van der Waals surface area contributed by atoms with Gasteiger partial charge in [0.25, 0.3) is 0 Å². The van der Waals surface area contributed by atoms with Gasteiger partial charge in [0.1, 0.15) is 0 Å². The van der Waals surface area contributed by atoms with Gasteiger partial charge in [-0.1, -0.05) is 29.3 Å². The number of hydrogen-bond donors (Lipinski definition) is 1. The van der Waals surface area contributed by atoms with E-state index in [9.17, 15) is 5.11 Å². The van der Waals surface area contributed by atoms with Gasteiger partial charge >= 0.3 is 0 Å². The molecule has 2 fully saturated rings. The molecule has 4 nitrogen and oxygen atoms in total. The third-order valence-corrected chi connectivity index (χ3v) is 5.13. The molecule has 2 unspecified atom stereocenters. The molecular weight excluding hydrogens is 302 g/mol. The molecule has 0 bridgehead atoms. The van der Waals surface area contributed by atoms with Crippen molar-refractivity contribution in [3.63, 3.8) is 0 Å². The number of aryl methyl sites for hydroxylation is 2. The molecule has 24 heavy (non-hydrogen) atoms. The van der Waals surface area contributed by atoms with Crippen LogP contribution in [-0.2, 0) is 9.47 Å². The number of nitrogens with zero attached hydrogens (tertiary/aromatic N) is 1. The lowest BCUT2D eigenvalue weighted by molar-refractivity contribution is -0.0647. The van der Waals surface area contributed by atoms with E-state index in [1.54, 1.807) is 0 Å². The van der Waals surface area contributed by atoms with E-state index in [1.165, 1.54) is 29.5 Å². The lowest BCUT2D eigenvalue weighted by Gasteiger charge is -2.29. The summed E-state index contributed by atoms with van der Waals surface area (Å²) in [6.45, 7) is 8.07. The van der Waals surface area contributed by atoms with Crippen LogP contribution in [0, 0.1) is 13.8 Å². The predicted octanol–water partition coefficient (Wildman–Crippen LogP) is 3.00. The first-order valence-corrected chi connectivity index (χ1v) is 9.31. The first-order chi connectivity index (χ1) is 11.6. The van der Waals surface area contributed by atoms with Crippen LogP contribution in [0.15, 0.2) is 18.2 Å². The smallest absolute Gasteiger partial charge is 0.0900 e. The fourth-order valence-electron chi connectivity index (χ4n) is 4.04. The Hall–Kier alpha value is -0.940. The number of ether oxygens (including phenoxy) is 2. The third-order valence-electron chi connectivity index (χ3n) is 5.13. The van der Waals surface area contributed by atoms with E-state index in [2.05, 4.69) is 36.9 Å². The Bertz CT molecular complexity index is 507. The molecule has 0 spiro atoms. The molecule has 1 aromatic carbocycles. The molecule has 2 heterocycles. The summed E-state index contributed by atoms with van der Waals surface area (Å²) in [7, 11) is 0. The Labute approximate surface area is 145 Å². The summed E-state index contributed by atoms with van der Waals surface area (Å²) in [6.07, 6.45) is 4.10. The number of likely N-dealkylation sites (tertiary alicyclic amines) is 1. The zero-order valence-electron chi connectivity index (χ0n) is 15.0. The first-order valence-electron chi connectivity index (χ1n) is 9.31. The van der Waals surface area contributed by atoms with Crippen molar-refractivity contribution in [2.75, 3.05) is 32.9 Å². The summed E-state index contributed by atoms with van der Waals surface area (Å²) in [5, 5.41) is 10.4. The molecule has 0 saturated carbocycles. The molecule has 0 amide bonds. The molecule has 2 aliphatic heterocycles. The first kappa shape index (κ1) is 17.9. The van der Waals surface area contributed by atoms with E-state index >= 15 is 0 Å². The van der Waals surface area contributed by atoms with Crippen molar-refractivity contribution < 1.29 is 14.6 Å². The maximum Gasteiger partial charge on any atom is 0.0900 e. The molecule has 134 valence electrons. The normalized spacial score (nSPS) is 24.4. The van der Waals surface area contributed by atoms with Gasteiger partial charge in [0.05, 0.1) is 18.8 Å². The van der Waals surface area contributed by atoms with Gasteiger partial charge in [-0.3, -0.25) is 4.90 Å². The second-order valence-corrected chi connectivity index (χ2v) is 7.37. The molecule has 4 heteroatoms. The SMILES string of the molecule is Cc1cc(C)cc(C2CCCN2CC(O)COC2CCOCC2)c1. The second kappa shape index (κ2) is 8.43. The fraction of sp³-hybridized carbons (Fsp3) is 0.700. The van der Waals surface area contributed by atoms with Crippen LogP contribution in [0.4, 0.5) is 0 Å². The number of benzene rings is 1. The standard InChI is InChI=1S/C20H31NO3/c1-15-10-16(2)12-17(11-15)20-4-3-7-21(20)13-18(22)14-24-19-5-8-23-9-6-19/h10-12,18-20,22H,3-9,13-14H2,1-2H3. The summed E-state index contributed by atoms with van der Waals surface area (Å²) in [5.74, 6) is 0. The van der Waals surface area contributed by atoms with E-state index in [4.69, 9.17) is 9.47 Å². The van der Waals surface area contributed by atoms with Crippen LogP contribution < -0.4 is 0 Å². The zero-order valence-corrected chi connectivity index (χ0v) is 15.0. The van der Waals surface area contributed by atoms with Crippen LogP contribution in [0.25, 0.3) is 0 Å². The summed E-state index contributed by atoms with van der Waals surface area (Å²) < 4.78 is 11.2. The van der Waals surface area contributed by atoms with Crippen LogP contribution in [0.2, 0.25) is 0 Å². The lowest BCUT2D eigenvalue weighted by atomic mass is 9.99. The lowest BCUT2D eigenvalue weighted by Crippen LogP contribution is -2.36. The van der Waals surface area contributed by atoms with Crippen molar-refractivity contribution in [1.29, 1.82) is 0 Å². The van der Waals surface area contributed by atoms with Gasteiger partial charge in [0.2, 0.25) is 0 Å². The molecule has 3 rings (SSSR count). The second-order valence-electron chi connectivity index (χ2n) is 7.37. The Morgan fingerprint density at radius 1 is 1.17 bits per heavy atom. The van der Waals surface area contributed by atoms with E-state index in [-0.39, 0.29) is 6.10 Å². The van der Waals surface area contributed by atoms with Gasteiger partial charge in [-0.2, -0.15) is 0 Å². The molecule has 0 aliphatic carbocycles. The summed E-state index contributed by atoms with van der Waals surface area (Å²) in [4.78, 5) is 2.42. The minimum Gasteiger partial charge on any atom is -0.389 e. The van der Waals surface area contributed by atoms with Crippen LogP contribution in [0.1, 0.15) is 48.4 Å². The zero-order chi connectivity index (χ0) is 16.9. The van der Waals surface area contributed by atoms with Crippen LogP contribution in [0.5, 0.6) is 0 Å². The summed E-state index contributed by atoms with van der Waals surface area (Å²) in [5.41, 5.74) is 4.03. The van der Waals surface area contributed by atoms with Gasteiger partial charge in [-0.25, -0.2) is 0 Å². The van der Waals surface area contributed by atoms with Crippen molar-refractivity contribution in [3.8, 4) is 0 Å². The molecule has 0 aromatic heterocycles. The largest absolute Gasteiger partial charge is 0.389 e. The van der Waals surface area contributed by atoms with Gasteiger partial charge < -0.3 is 14.6 Å². The number of hydrogen-bond acceptors (Lipinski definition) is 4. The Kier molecular flexibility index (Phi) is 6.28. The van der Waals surface area contributed by atoms with Crippen molar-refractivity contribution >= 4 is 0 Å². The quantitative estimate of drug-likeness (QED) is 0.869. The van der Waals surface area contributed by atoms with Crippen LogP contribution in [0.3, 0.4) is 0 Å². The van der Waals surface area contributed by atoms with Gasteiger partial charge in [0, 0.05) is 25.8 Å². The van der Waals surface area contributed by atoms with Crippen molar-refractivity contribution in [3.05, 3.63) is 34.9 Å². The van der Waals surface area contributed by atoms with Crippen molar-refractivity contribution in [2.45, 2.75) is 57.8 Å². The Morgan fingerprint density at radius 3 is 2.58 bits per heavy atom. The van der Waals surface area contributed by atoms with E-state index in [0.29, 0.717) is 19.2 Å². The minimum absolute atomic E-state index is 0.252. The Balaban J connectivity index is 1.53. The maximum absolute atomic E-state index is 10.4. The number of aliphatic hydroxyl groups is 1. The monoisotopic (exact) mass is 333 g/mol. The summed E-state index contributed by atoms with van der Waals surface area (Å²) >= 11 is 0. The topological polar surface area (TPSA) is 41.9 Å². The third kappa shape index (κ3) is 4.79. The highest BCUT2D eigenvalue weighted by atomic mass is 16.5. The average molecular weight is 333 g/mol. The van der Waals surface area contributed by atoms with Crippen molar-refractivity contribution in [2.24, 2.45) is 0 Å². The predicted molar refractivity (Wildman–Crippen MR) is 95.3 cm³/mol. The van der Waals surface area contributed by atoms with Gasteiger partial charge in [-0.05, 0) is 51.6 Å². The van der Waals surface area contributed by atoms with Crippen molar-refractivity contribution in [1.82, 2.24) is 4.90 Å². The average Bonchev–Trinajstić information content (AvgIpc) is 3.01. The molecule has 0 radical (unpaired) electrons. The number of β-amino-alcohol motifs (C(OH)–C–C–N with tert-alkyl or cyclic N) is 1. The maximum atomic E-state index is 10.4. The summed E-state index contributed by atoms with van der Waals surface area (Å²) in [6, 6.07) is 7.24. The minimum atomic E-state index is -0.417. The van der Waals surface area contributed by atoms with E-state index in [0.717, 1.165) is 32.6 Å². The number of rotatable bonds is 6. The highest BCUT2D eigenvalue weighted by Crippen LogP contribution is 2.33. The molecule has 2 atom stereocenters. The molecule has 2 aliphatic rings. The van der Waals surface area contributed by atoms with Crippen LogP contribution >= 0.6 is 0 Å².